The Morgan fingerprint density at radius 2 is 1.93 bits per heavy atom. The molecule has 0 spiro atoms. The predicted octanol–water partition coefficient (Wildman–Crippen LogP) is 4.43. The number of H-pyrrole nitrogens is 1. The number of nitrogens with one attached hydrogen (secondary N) is 2. The molecule has 1 aromatic heterocycles. The van der Waals surface area contributed by atoms with Crippen molar-refractivity contribution in [1.29, 1.82) is 0 Å². The molecule has 2 aromatic carbocycles. The van der Waals surface area contributed by atoms with Crippen molar-refractivity contribution in [2.45, 2.75) is 37.6 Å². The van der Waals surface area contributed by atoms with Crippen molar-refractivity contribution in [1.82, 2.24) is 9.97 Å². The Morgan fingerprint density at radius 1 is 1.20 bits per heavy atom. The number of ether oxygens (including phenoxy) is 1. The third-order valence-electron chi connectivity index (χ3n) is 4.72. The van der Waals surface area contributed by atoms with Gasteiger partial charge in [0.15, 0.2) is 5.16 Å². The second kappa shape index (κ2) is 9.63. The van der Waals surface area contributed by atoms with Crippen LogP contribution in [0.5, 0.6) is 5.75 Å². The van der Waals surface area contributed by atoms with E-state index in [1.807, 2.05) is 49.4 Å². The van der Waals surface area contributed by atoms with Crippen LogP contribution in [0, 0.1) is 13.8 Å². The molecule has 0 aliphatic heterocycles. The lowest BCUT2D eigenvalue weighted by atomic mass is 10.1. The number of thioether (sulfide) groups is 1. The number of rotatable bonds is 7. The van der Waals surface area contributed by atoms with Gasteiger partial charge in [-0.3, -0.25) is 9.59 Å². The first kappa shape index (κ1) is 21.6. The van der Waals surface area contributed by atoms with Crippen molar-refractivity contribution in [2.75, 3.05) is 12.4 Å². The van der Waals surface area contributed by atoms with Gasteiger partial charge in [-0.15, -0.1) is 0 Å². The standard InChI is InChI=1S/C23H25N3O3S/c1-14-10-11-20(29-4)19(12-14)25-21(27)13-18-15(2)24-23(26-22(18)28)30-16(3)17-8-6-5-7-9-17/h5-12,16H,13H2,1-4H3,(H,25,27)(H,24,26,28). The number of nitrogens with zero attached hydrogens (tertiary/aromatic N) is 1. The van der Waals surface area contributed by atoms with Crippen LogP contribution in [-0.2, 0) is 11.2 Å². The summed E-state index contributed by atoms with van der Waals surface area (Å²) in [5, 5.41) is 3.50. The van der Waals surface area contributed by atoms with Crippen LogP contribution in [0.1, 0.15) is 34.6 Å². The molecule has 0 saturated carbocycles. The molecule has 7 heteroatoms. The van der Waals surface area contributed by atoms with Gasteiger partial charge in [0, 0.05) is 16.5 Å². The quantitative estimate of drug-likeness (QED) is 0.434. The van der Waals surface area contributed by atoms with Crippen LogP contribution in [0.4, 0.5) is 5.69 Å². The Hall–Kier alpha value is -3.06. The molecule has 0 bridgehead atoms. The zero-order valence-electron chi connectivity index (χ0n) is 17.5. The number of carbonyl (C=O) groups is 1. The molecule has 6 nitrogen and oxygen atoms in total. The number of amides is 1. The van der Waals surface area contributed by atoms with Crippen LogP contribution >= 0.6 is 11.8 Å². The van der Waals surface area contributed by atoms with E-state index in [-0.39, 0.29) is 23.1 Å². The normalized spacial score (nSPS) is 11.7. The van der Waals surface area contributed by atoms with E-state index in [9.17, 15) is 9.59 Å². The number of hydrogen-bond donors (Lipinski definition) is 2. The third-order valence-corrected chi connectivity index (χ3v) is 5.77. The fourth-order valence-corrected chi connectivity index (χ4v) is 4.05. The summed E-state index contributed by atoms with van der Waals surface area (Å²) in [6.45, 7) is 5.75. The van der Waals surface area contributed by atoms with E-state index in [4.69, 9.17) is 4.74 Å². The van der Waals surface area contributed by atoms with E-state index in [2.05, 4.69) is 22.2 Å². The van der Waals surface area contributed by atoms with Crippen LogP contribution in [0.2, 0.25) is 0 Å². The molecule has 0 saturated heterocycles. The number of anilines is 1. The highest BCUT2D eigenvalue weighted by Crippen LogP contribution is 2.32. The maximum Gasteiger partial charge on any atom is 0.255 e. The minimum absolute atomic E-state index is 0.0650. The van der Waals surface area contributed by atoms with E-state index >= 15 is 0 Å². The number of hydrogen-bond acceptors (Lipinski definition) is 5. The molecular weight excluding hydrogens is 398 g/mol. The van der Waals surface area contributed by atoms with Gasteiger partial charge < -0.3 is 15.0 Å². The lowest BCUT2D eigenvalue weighted by Crippen LogP contribution is -2.24. The number of aromatic amines is 1. The van der Waals surface area contributed by atoms with Crippen molar-refractivity contribution in [3.05, 3.63) is 81.3 Å². The van der Waals surface area contributed by atoms with Gasteiger partial charge in [-0.25, -0.2) is 4.98 Å². The summed E-state index contributed by atoms with van der Waals surface area (Å²) >= 11 is 1.48. The fourth-order valence-electron chi connectivity index (χ4n) is 3.08. The molecule has 0 fully saturated rings. The van der Waals surface area contributed by atoms with Crippen molar-refractivity contribution in [3.63, 3.8) is 0 Å². The maximum atomic E-state index is 12.6. The van der Waals surface area contributed by atoms with E-state index in [1.165, 1.54) is 11.8 Å². The summed E-state index contributed by atoms with van der Waals surface area (Å²) < 4.78 is 5.29. The Morgan fingerprint density at radius 3 is 2.60 bits per heavy atom. The van der Waals surface area contributed by atoms with Gasteiger partial charge >= 0.3 is 0 Å². The van der Waals surface area contributed by atoms with Crippen LogP contribution in [0.15, 0.2) is 58.5 Å². The maximum absolute atomic E-state index is 12.6. The second-order valence-corrected chi connectivity index (χ2v) is 8.36. The lowest BCUT2D eigenvalue weighted by molar-refractivity contribution is -0.115. The molecule has 1 amide bonds. The molecule has 1 heterocycles. The Balaban J connectivity index is 1.73. The molecule has 1 unspecified atom stereocenters. The van der Waals surface area contributed by atoms with E-state index < -0.39 is 0 Å². The molecule has 2 N–H and O–H groups in total. The number of carbonyl (C=O) groups excluding carboxylic acids is 1. The van der Waals surface area contributed by atoms with Crippen LogP contribution in [0.25, 0.3) is 0 Å². The average molecular weight is 424 g/mol. The molecule has 30 heavy (non-hydrogen) atoms. The van der Waals surface area contributed by atoms with Crippen molar-refractivity contribution >= 4 is 23.4 Å². The van der Waals surface area contributed by atoms with Gasteiger partial charge in [0.2, 0.25) is 5.91 Å². The molecular formula is C23H25N3O3S. The molecule has 3 rings (SSSR count). The second-order valence-electron chi connectivity index (χ2n) is 7.03. The van der Waals surface area contributed by atoms with Gasteiger partial charge in [-0.2, -0.15) is 0 Å². The molecule has 0 aliphatic carbocycles. The Bertz CT molecular complexity index is 1100. The SMILES string of the molecule is COc1ccc(C)cc1NC(=O)Cc1c(C)nc(SC(C)c2ccccc2)[nH]c1=O. The van der Waals surface area contributed by atoms with Crippen LogP contribution in [0.3, 0.4) is 0 Å². The van der Waals surface area contributed by atoms with E-state index in [0.29, 0.717) is 27.9 Å². The highest BCUT2D eigenvalue weighted by molar-refractivity contribution is 7.99. The first-order chi connectivity index (χ1) is 14.4. The van der Waals surface area contributed by atoms with Crippen molar-refractivity contribution in [3.8, 4) is 5.75 Å². The summed E-state index contributed by atoms with van der Waals surface area (Å²) in [5.41, 5.74) is 3.34. The van der Waals surface area contributed by atoms with Gasteiger partial charge in [0.1, 0.15) is 5.75 Å². The van der Waals surface area contributed by atoms with Gasteiger partial charge in [-0.1, -0.05) is 48.2 Å². The minimum Gasteiger partial charge on any atom is -0.495 e. The molecule has 3 aromatic rings. The first-order valence-corrected chi connectivity index (χ1v) is 10.5. The highest BCUT2D eigenvalue weighted by Gasteiger charge is 2.16. The minimum atomic E-state index is -0.299. The molecule has 156 valence electrons. The third kappa shape index (κ3) is 5.30. The Kier molecular flexibility index (Phi) is 6.95. The molecule has 0 radical (unpaired) electrons. The van der Waals surface area contributed by atoms with Crippen LogP contribution < -0.4 is 15.6 Å². The molecule has 1 atom stereocenters. The summed E-state index contributed by atoms with van der Waals surface area (Å²) in [6, 6.07) is 15.6. The van der Waals surface area contributed by atoms with Gasteiger partial charge in [0.25, 0.3) is 5.56 Å². The summed E-state index contributed by atoms with van der Waals surface area (Å²) in [7, 11) is 1.55. The largest absolute Gasteiger partial charge is 0.495 e. The average Bonchev–Trinajstić information content (AvgIpc) is 2.71. The molecule has 0 aliphatic rings. The number of aryl methyl sites for hydroxylation is 2. The lowest BCUT2D eigenvalue weighted by Gasteiger charge is -2.13. The zero-order valence-corrected chi connectivity index (χ0v) is 18.3. The number of benzene rings is 2. The topological polar surface area (TPSA) is 84.1 Å². The van der Waals surface area contributed by atoms with Crippen LogP contribution in [-0.4, -0.2) is 23.0 Å². The smallest absolute Gasteiger partial charge is 0.255 e. The monoisotopic (exact) mass is 423 g/mol. The Labute approximate surface area is 180 Å². The predicted molar refractivity (Wildman–Crippen MR) is 120 cm³/mol. The summed E-state index contributed by atoms with van der Waals surface area (Å²) in [6.07, 6.45) is -0.0650. The number of aromatic nitrogens is 2. The van der Waals surface area contributed by atoms with Crippen molar-refractivity contribution in [2.24, 2.45) is 0 Å². The summed E-state index contributed by atoms with van der Waals surface area (Å²) in [4.78, 5) is 32.5. The number of methoxy groups -OCH3 is 1. The van der Waals surface area contributed by atoms with Gasteiger partial charge in [0.05, 0.1) is 19.2 Å². The highest BCUT2D eigenvalue weighted by atomic mass is 32.2. The fraction of sp³-hybridized carbons (Fsp3) is 0.261. The summed E-state index contributed by atoms with van der Waals surface area (Å²) in [5.74, 6) is 0.270. The first-order valence-electron chi connectivity index (χ1n) is 9.63. The van der Waals surface area contributed by atoms with E-state index in [0.717, 1.165) is 11.1 Å². The van der Waals surface area contributed by atoms with E-state index in [1.54, 1.807) is 20.1 Å². The van der Waals surface area contributed by atoms with Gasteiger partial charge in [-0.05, 0) is 44.0 Å². The van der Waals surface area contributed by atoms with Crippen molar-refractivity contribution < 1.29 is 9.53 Å². The zero-order chi connectivity index (χ0) is 21.7.